The van der Waals surface area contributed by atoms with Crippen molar-refractivity contribution in [2.45, 2.75) is 48.8 Å². The normalized spacial score (nSPS) is 24.2. The van der Waals surface area contributed by atoms with Gasteiger partial charge in [-0.1, -0.05) is 0 Å². The van der Waals surface area contributed by atoms with Crippen molar-refractivity contribution in [2.24, 2.45) is 0 Å². The number of carbonyl (C=O) groups is 1. The Labute approximate surface area is 169 Å². The third-order valence-corrected chi connectivity index (χ3v) is 8.25. The number of sulfonamides is 1. The van der Waals surface area contributed by atoms with Gasteiger partial charge in [0.2, 0.25) is 21.9 Å². The van der Waals surface area contributed by atoms with Crippen LogP contribution in [0.4, 0.5) is 11.6 Å². The molecule has 3 aliphatic rings. The Morgan fingerprint density at radius 2 is 2.00 bits per heavy atom. The molecule has 1 aliphatic carbocycles. The lowest BCUT2D eigenvalue weighted by molar-refractivity contribution is -0.116. The minimum atomic E-state index is -3.64. The van der Waals surface area contributed by atoms with Gasteiger partial charge in [0.25, 0.3) is 0 Å². The second-order valence-corrected chi connectivity index (χ2v) is 10.1. The number of hydrogen-bond donors (Lipinski definition) is 2. The molecule has 1 amide bonds. The van der Waals surface area contributed by atoms with Crippen LogP contribution in [0.2, 0.25) is 0 Å². The van der Waals surface area contributed by atoms with Gasteiger partial charge in [0.05, 0.1) is 10.6 Å². The monoisotopic (exact) mass is 413 g/mol. The highest BCUT2D eigenvalue weighted by molar-refractivity contribution is 7.89. The standard InChI is InChI=1S/C20H23N5O3S/c21-19-22-11-14-6-8-20(18(14)24-19)7-1-9-25(12-20)29(27,28)15-3-4-16-13(10-15)2-5-17(26)23-16/h3-4,10-11H,1-2,5-9,12H2,(H,23,26)(H2,21,22,24). The molecule has 2 aromatic rings. The van der Waals surface area contributed by atoms with Crippen LogP contribution in [0.15, 0.2) is 29.3 Å². The molecule has 1 aromatic heterocycles. The van der Waals surface area contributed by atoms with Crippen LogP contribution in [0.25, 0.3) is 0 Å². The van der Waals surface area contributed by atoms with Crippen LogP contribution in [0, 0.1) is 0 Å². The third-order valence-electron chi connectivity index (χ3n) is 6.41. The summed E-state index contributed by atoms with van der Waals surface area (Å²) in [4.78, 5) is 20.4. The number of carbonyl (C=O) groups excluding carboxylic acids is 1. The van der Waals surface area contributed by atoms with Crippen LogP contribution < -0.4 is 11.1 Å². The number of piperidine rings is 1. The van der Waals surface area contributed by atoms with Gasteiger partial charge in [-0.3, -0.25) is 4.79 Å². The van der Waals surface area contributed by atoms with Crippen LogP contribution in [-0.2, 0) is 33.1 Å². The fourth-order valence-electron chi connectivity index (χ4n) is 4.92. The molecule has 0 bridgehead atoms. The molecule has 0 radical (unpaired) electrons. The van der Waals surface area contributed by atoms with Gasteiger partial charge in [-0.25, -0.2) is 18.4 Å². The Hall–Kier alpha value is -2.52. The molecule has 1 saturated heterocycles. The summed E-state index contributed by atoms with van der Waals surface area (Å²) in [6.45, 7) is 0.903. The van der Waals surface area contributed by atoms with Crippen LogP contribution in [0.1, 0.15) is 42.5 Å². The minimum absolute atomic E-state index is 0.0350. The number of fused-ring (bicyclic) bond motifs is 3. The van der Waals surface area contributed by atoms with Crippen molar-refractivity contribution in [3.8, 4) is 0 Å². The number of nitrogens with zero attached hydrogens (tertiary/aromatic N) is 3. The number of anilines is 2. The fraction of sp³-hybridized carbons (Fsp3) is 0.450. The second kappa shape index (κ2) is 6.50. The summed E-state index contributed by atoms with van der Waals surface area (Å²) in [5, 5.41) is 2.80. The zero-order chi connectivity index (χ0) is 20.2. The molecule has 0 saturated carbocycles. The Bertz CT molecular complexity index is 1110. The maximum atomic E-state index is 13.4. The van der Waals surface area contributed by atoms with Crippen molar-refractivity contribution < 1.29 is 13.2 Å². The van der Waals surface area contributed by atoms with Gasteiger partial charge in [0, 0.05) is 36.8 Å². The molecule has 1 atom stereocenters. The van der Waals surface area contributed by atoms with E-state index in [2.05, 4.69) is 15.3 Å². The van der Waals surface area contributed by atoms with E-state index in [4.69, 9.17) is 5.73 Å². The lowest BCUT2D eigenvalue weighted by atomic mass is 9.78. The average Bonchev–Trinajstić information content (AvgIpc) is 3.04. The molecule has 1 spiro atoms. The zero-order valence-corrected chi connectivity index (χ0v) is 16.8. The largest absolute Gasteiger partial charge is 0.368 e. The second-order valence-electron chi connectivity index (χ2n) is 8.19. The van der Waals surface area contributed by atoms with Gasteiger partial charge in [0.1, 0.15) is 0 Å². The first-order valence-electron chi connectivity index (χ1n) is 9.92. The molecule has 1 aromatic carbocycles. The van der Waals surface area contributed by atoms with Crippen LogP contribution in [0.3, 0.4) is 0 Å². The number of nitrogen functional groups attached to an aromatic ring is 1. The molecule has 3 heterocycles. The van der Waals surface area contributed by atoms with E-state index in [0.717, 1.165) is 42.5 Å². The maximum absolute atomic E-state index is 13.4. The Balaban J connectivity index is 1.47. The highest BCUT2D eigenvalue weighted by atomic mass is 32.2. The first-order valence-corrected chi connectivity index (χ1v) is 11.4. The van der Waals surface area contributed by atoms with E-state index in [1.54, 1.807) is 28.7 Å². The van der Waals surface area contributed by atoms with Crippen LogP contribution in [0.5, 0.6) is 0 Å². The number of nitrogens with two attached hydrogens (primary N) is 1. The number of rotatable bonds is 2. The molecule has 29 heavy (non-hydrogen) atoms. The number of aromatic nitrogens is 2. The highest BCUT2D eigenvalue weighted by Crippen LogP contribution is 2.45. The first kappa shape index (κ1) is 18.5. The Morgan fingerprint density at radius 3 is 2.86 bits per heavy atom. The third kappa shape index (κ3) is 3.00. The first-order chi connectivity index (χ1) is 13.9. The Kier molecular flexibility index (Phi) is 4.15. The number of aryl methyl sites for hydroxylation is 2. The number of nitrogens with one attached hydrogen (secondary N) is 1. The van der Waals surface area contributed by atoms with Crippen molar-refractivity contribution in [3.05, 3.63) is 41.2 Å². The molecule has 152 valence electrons. The van der Waals surface area contributed by atoms with Gasteiger partial charge >= 0.3 is 0 Å². The lowest BCUT2D eigenvalue weighted by Crippen LogP contribution is -2.47. The molecule has 1 unspecified atom stereocenters. The van der Waals surface area contributed by atoms with Crippen molar-refractivity contribution in [2.75, 3.05) is 24.1 Å². The van der Waals surface area contributed by atoms with E-state index >= 15 is 0 Å². The van der Waals surface area contributed by atoms with Crippen molar-refractivity contribution in [3.63, 3.8) is 0 Å². The van der Waals surface area contributed by atoms with E-state index in [-0.39, 0.29) is 22.2 Å². The van der Waals surface area contributed by atoms with E-state index in [9.17, 15) is 13.2 Å². The van der Waals surface area contributed by atoms with Gasteiger partial charge in [0.15, 0.2) is 0 Å². The lowest BCUT2D eigenvalue weighted by Gasteiger charge is -2.39. The summed E-state index contributed by atoms with van der Waals surface area (Å²) >= 11 is 0. The zero-order valence-electron chi connectivity index (χ0n) is 16.0. The fourth-order valence-corrected chi connectivity index (χ4v) is 6.53. The molecule has 5 rings (SSSR count). The van der Waals surface area contributed by atoms with Gasteiger partial charge in [-0.15, -0.1) is 0 Å². The highest BCUT2D eigenvalue weighted by Gasteiger charge is 2.46. The number of amides is 1. The summed E-state index contributed by atoms with van der Waals surface area (Å²) < 4.78 is 28.5. The molecule has 8 nitrogen and oxygen atoms in total. The molecular formula is C20H23N5O3S. The van der Waals surface area contributed by atoms with Crippen molar-refractivity contribution in [1.29, 1.82) is 0 Å². The molecule has 2 aliphatic heterocycles. The summed E-state index contributed by atoms with van der Waals surface area (Å²) in [6, 6.07) is 4.98. The van der Waals surface area contributed by atoms with Crippen LogP contribution >= 0.6 is 0 Å². The molecule has 9 heteroatoms. The topological polar surface area (TPSA) is 118 Å². The maximum Gasteiger partial charge on any atom is 0.243 e. The Morgan fingerprint density at radius 1 is 1.14 bits per heavy atom. The van der Waals surface area contributed by atoms with Crippen LogP contribution in [-0.4, -0.2) is 41.7 Å². The predicted octanol–water partition coefficient (Wildman–Crippen LogP) is 1.61. The molecular weight excluding hydrogens is 390 g/mol. The van der Waals surface area contributed by atoms with Gasteiger partial charge < -0.3 is 11.1 Å². The number of benzene rings is 1. The predicted molar refractivity (Wildman–Crippen MR) is 108 cm³/mol. The average molecular weight is 414 g/mol. The van der Waals surface area contributed by atoms with E-state index in [1.165, 1.54) is 0 Å². The SMILES string of the molecule is Nc1ncc2c(n1)C1(CCCN(S(=O)(=O)c3ccc4c(c3)CCC(=O)N4)C1)CC2. The molecule has 1 fully saturated rings. The minimum Gasteiger partial charge on any atom is -0.368 e. The summed E-state index contributed by atoms with van der Waals surface area (Å²) in [6.07, 6.45) is 6.10. The van der Waals surface area contributed by atoms with E-state index in [0.29, 0.717) is 31.6 Å². The molecule has 3 N–H and O–H groups in total. The van der Waals surface area contributed by atoms with Crippen molar-refractivity contribution >= 4 is 27.6 Å². The van der Waals surface area contributed by atoms with E-state index < -0.39 is 10.0 Å². The van der Waals surface area contributed by atoms with Gasteiger partial charge in [-0.2, -0.15) is 4.31 Å². The smallest absolute Gasteiger partial charge is 0.243 e. The quantitative estimate of drug-likeness (QED) is 0.772. The summed E-state index contributed by atoms with van der Waals surface area (Å²) in [7, 11) is -3.64. The number of hydrogen-bond acceptors (Lipinski definition) is 6. The summed E-state index contributed by atoms with van der Waals surface area (Å²) in [5.41, 5.74) is 9.08. The summed E-state index contributed by atoms with van der Waals surface area (Å²) in [5.74, 6) is 0.203. The van der Waals surface area contributed by atoms with E-state index in [1.807, 2.05) is 0 Å². The van der Waals surface area contributed by atoms with Crippen molar-refractivity contribution in [1.82, 2.24) is 14.3 Å². The van der Waals surface area contributed by atoms with Gasteiger partial charge in [-0.05, 0) is 61.4 Å².